The monoisotopic (exact) mass is 885 g/mol. The molecule has 13 aromatic rings. The van der Waals surface area contributed by atoms with Gasteiger partial charge in [0.2, 0.25) is 0 Å². The predicted octanol–water partition coefficient (Wildman–Crippen LogP) is 17.7. The summed E-state index contributed by atoms with van der Waals surface area (Å²) < 4.78 is 9.09. The molecule has 68 heavy (non-hydrogen) atoms. The summed E-state index contributed by atoms with van der Waals surface area (Å²) in [7, 11) is 0. The van der Waals surface area contributed by atoms with Gasteiger partial charge in [0.1, 0.15) is 11.2 Å². The van der Waals surface area contributed by atoms with Gasteiger partial charge in [0, 0.05) is 59.6 Å². The lowest BCUT2D eigenvalue weighted by atomic mass is 9.81. The third kappa shape index (κ3) is 6.20. The Labute approximate surface area is 398 Å². The number of para-hydroxylation sites is 2. The molecule has 0 radical (unpaired) electrons. The zero-order valence-corrected chi connectivity index (χ0v) is 38.0. The van der Waals surface area contributed by atoms with Gasteiger partial charge in [-0.15, -0.1) is 0 Å². The van der Waals surface area contributed by atoms with Crippen molar-refractivity contribution in [2.75, 3.05) is 0 Å². The highest BCUT2D eigenvalue weighted by atomic mass is 32.2. The van der Waals surface area contributed by atoms with Crippen LogP contribution in [0.25, 0.3) is 82.1 Å². The Kier molecular flexibility index (Phi) is 9.06. The maximum atomic E-state index is 6.57. The fraction of sp³-hybridized carbons (Fsp3) is 0.0462. The van der Waals surface area contributed by atoms with E-state index in [1.807, 2.05) is 11.8 Å². The van der Waals surface area contributed by atoms with Gasteiger partial charge in [-0.2, -0.15) is 0 Å². The van der Waals surface area contributed by atoms with Crippen molar-refractivity contribution in [3.63, 3.8) is 0 Å². The Balaban J connectivity index is 0.958. The second-order valence-electron chi connectivity index (χ2n) is 18.3. The summed E-state index contributed by atoms with van der Waals surface area (Å²) in [5, 5.41) is 9.53. The van der Waals surface area contributed by atoms with Crippen molar-refractivity contribution in [2.24, 2.45) is 0 Å². The first-order valence-corrected chi connectivity index (χ1v) is 24.4. The molecule has 0 saturated heterocycles. The van der Waals surface area contributed by atoms with Gasteiger partial charge in [-0.05, 0) is 110 Å². The minimum atomic E-state index is 0.149. The molecule has 320 valence electrons. The lowest BCUT2D eigenvalue weighted by Crippen LogP contribution is -2.12. The van der Waals surface area contributed by atoms with Crippen molar-refractivity contribution in [1.29, 1.82) is 0 Å². The van der Waals surface area contributed by atoms with Crippen LogP contribution in [0.1, 0.15) is 45.2 Å². The van der Waals surface area contributed by atoms with Crippen LogP contribution in [0.2, 0.25) is 0 Å². The van der Waals surface area contributed by atoms with Crippen LogP contribution in [0.15, 0.2) is 251 Å². The number of rotatable bonds is 7. The number of aromatic nitrogens is 1. The van der Waals surface area contributed by atoms with Gasteiger partial charge in [-0.3, -0.25) is 0 Å². The van der Waals surface area contributed by atoms with Crippen molar-refractivity contribution in [3.05, 3.63) is 270 Å². The van der Waals surface area contributed by atoms with Crippen molar-refractivity contribution in [1.82, 2.24) is 4.57 Å². The number of benzene rings is 11. The molecule has 0 saturated carbocycles. The van der Waals surface area contributed by atoms with Crippen LogP contribution in [0.4, 0.5) is 0 Å². The van der Waals surface area contributed by atoms with Crippen LogP contribution in [0, 0.1) is 0 Å². The Bertz CT molecular complexity index is 4090. The molecule has 2 atom stereocenters. The second kappa shape index (κ2) is 15.8. The fourth-order valence-electron chi connectivity index (χ4n) is 11.4. The molecule has 2 aromatic heterocycles. The first kappa shape index (κ1) is 39.1. The summed E-state index contributed by atoms with van der Waals surface area (Å²) in [5.74, 6) is 0.343. The Morgan fingerprint density at radius 3 is 1.84 bits per heavy atom. The van der Waals surface area contributed by atoms with Gasteiger partial charge in [0.05, 0.1) is 11.0 Å². The van der Waals surface area contributed by atoms with Crippen LogP contribution in [0.3, 0.4) is 0 Å². The minimum Gasteiger partial charge on any atom is -0.455 e. The summed E-state index contributed by atoms with van der Waals surface area (Å²) in [4.78, 5) is 2.67. The van der Waals surface area contributed by atoms with E-state index in [1.54, 1.807) is 0 Å². The van der Waals surface area contributed by atoms with E-state index in [9.17, 15) is 0 Å². The molecule has 0 amide bonds. The first-order valence-electron chi connectivity index (χ1n) is 23.6. The van der Waals surface area contributed by atoms with E-state index in [2.05, 4.69) is 241 Å². The maximum absolute atomic E-state index is 6.57. The summed E-state index contributed by atoms with van der Waals surface area (Å²) >= 11 is 1.91. The molecule has 3 heterocycles. The van der Waals surface area contributed by atoms with Gasteiger partial charge < -0.3 is 8.98 Å². The number of furan rings is 1. The molecule has 0 spiro atoms. The van der Waals surface area contributed by atoms with Gasteiger partial charge in [0.15, 0.2) is 0 Å². The van der Waals surface area contributed by atoms with Gasteiger partial charge in [-0.1, -0.05) is 200 Å². The van der Waals surface area contributed by atoms with E-state index < -0.39 is 0 Å². The number of nitrogens with zero attached hydrogens (tertiary/aromatic N) is 1. The van der Waals surface area contributed by atoms with Crippen LogP contribution in [-0.4, -0.2) is 4.57 Å². The van der Waals surface area contributed by atoms with Crippen molar-refractivity contribution >= 4 is 77.1 Å². The maximum Gasteiger partial charge on any atom is 0.143 e. The Hall–Kier alpha value is -8.11. The highest BCUT2D eigenvalue weighted by molar-refractivity contribution is 7.99. The van der Waals surface area contributed by atoms with E-state index in [0.717, 1.165) is 39.4 Å². The van der Waals surface area contributed by atoms with E-state index in [1.165, 1.54) is 92.3 Å². The molecule has 11 aromatic carbocycles. The van der Waals surface area contributed by atoms with E-state index in [4.69, 9.17) is 4.42 Å². The van der Waals surface area contributed by atoms with Crippen molar-refractivity contribution < 1.29 is 4.42 Å². The highest BCUT2D eigenvalue weighted by Crippen LogP contribution is 2.50. The number of hydrogen-bond acceptors (Lipinski definition) is 2. The van der Waals surface area contributed by atoms with Crippen LogP contribution >= 0.6 is 11.8 Å². The molecule has 1 aliphatic heterocycles. The molecular weight excluding hydrogens is 843 g/mol. The fourth-order valence-corrected chi connectivity index (χ4v) is 12.6. The van der Waals surface area contributed by atoms with Crippen molar-refractivity contribution in [2.45, 2.75) is 28.0 Å². The SMILES string of the molecule is c1ccc(C(Cc2ccc3c4cc(-c5cc6c7ccccc7oc6c6ccccc56)c5ccccc5c4n(-c4ccccc4)c3c2)c2ccc3c(c2)Sc2ccccc2C3c2ccccc2)cc1. The van der Waals surface area contributed by atoms with Crippen LogP contribution < -0.4 is 0 Å². The lowest BCUT2D eigenvalue weighted by Gasteiger charge is -2.30. The highest BCUT2D eigenvalue weighted by Gasteiger charge is 2.29. The van der Waals surface area contributed by atoms with Gasteiger partial charge >= 0.3 is 0 Å². The zero-order chi connectivity index (χ0) is 44.7. The standard InChI is InChI=1S/C65H43NOS/c1-4-18-42(19-5-1)54(44-33-35-53-62(38-44)68-61-31-17-15-29-52(61)63(53)43-20-6-2-7-21-43)36-41-32-34-48-57-39-55(46-24-10-12-27-50(46)64(57)66(59(48)37-41)45-22-8-3-9-23-45)56-40-58-49-26-14-16-30-60(49)67-65(58)51-28-13-11-25-47(51)56/h1-35,37-40,54,63H,36H2. The smallest absolute Gasteiger partial charge is 0.143 e. The molecule has 0 bridgehead atoms. The average molecular weight is 886 g/mol. The summed E-state index contributed by atoms with van der Waals surface area (Å²) in [6.45, 7) is 0. The number of fused-ring (bicyclic) bond motifs is 12. The second-order valence-corrected chi connectivity index (χ2v) is 19.4. The largest absolute Gasteiger partial charge is 0.455 e. The van der Waals surface area contributed by atoms with E-state index >= 15 is 0 Å². The molecule has 0 fully saturated rings. The third-order valence-corrected chi connectivity index (χ3v) is 15.7. The zero-order valence-electron chi connectivity index (χ0n) is 37.1. The molecule has 0 N–H and O–H groups in total. The Morgan fingerprint density at radius 1 is 0.426 bits per heavy atom. The molecule has 14 rings (SSSR count). The number of hydrogen-bond donors (Lipinski definition) is 0. The third-order valence-electron chi connectivity index (χ3n) is 14.5. The molecule has 0 aliphatic carbocycles. The van der Waals surface area contributed by atoms with E-state index in [-0.39, 0.29) is 11.8 Å². The molecular formula is C65H43NOS. The molecule has 3 heteroatoms. The minimum absolute atomic E-state index is 0.149. The quantitative estimate of drug-likeness (QED) is 0.159. The van der Waals surface area contributed by atoms with Crippen LogP contribution in [-0.2, 0) is 6.42 Å². The normalized spacial score (nSPS) is 14.0. The average Bonchev–Trinajstić information content (AvgIpc) is 3.95. The first-order chi connectivity index (χ1) is 33.7. The van der Waals surface area contributed by atoms with Crippen LogP contribution in [0.5, 0.6) is 0 Å². The molecule has 2 nitrogen and oxygen atoms in total. The lowest BCUT2D eigenvalue weighted by molar-refractivity contribution is 0.672. The topological polar surface area (TPSA) is 18.1 Å². The summed E-state index contributed by atoms with van der Waals surface area (Å²) in [6.07, 6.45) is 0.856. The molecule has 2 unspecified atom stereocenters. The summed E-state index contributed by atoms with van der Waals surface area (Å²) in [5.41, 5.74) is 15.9. The van der Waals surface area contributed by atoms with Crippen molar-refractivity contribution in [3.8, 4) is 16.8 Å². The molecule has 1 aliphatic rings. The van der Waals surface area contributed by atoms with E-state index in [0.29, 0.717) is 0 Å². The predicted molar refractivity (Wildman–Crippen MR) is 285 cm³/mol. The summed E-state index contributed by atoms with van der Waals surface area (Å²) in [6, 6.07) is 87.5. The van der Waals surface area contributed by atoms with Gasteiger partial charge in [0.25, 0.3) is 0 Å². The Morgan fingerprint density at radius 2 is 1.04 bits per heavy atom. The van der Waals surface area contributed by atoms with Gasteiger partial charge in [-0.25, -0.2) is 0 Å².